The zero-order chi connectivity index (χ0) is 11.3. The first-order valence-corrected chi connectivity index (χ1v) is 5.56. The van der Waals surface area contributed by atoms with Crippen molar-refractivity contribution in [3.63, 3.8) is 0 Å². The molecule has 0 saturated heterocycles. The SMILES string of the molecule is CC(=O)CC(=O)NC1CCCCCC1O. The van der Waals surface area contributed by atoms with Crippen LogP contribution in [0.15, 0.2) is 0 Å². The molecule has 0 aromatic rings. The molecule has 0 spiro atoms. The summed E-state index contributed by atoms with van der Waals surface area (Å²) in [4.78, 5) is 22.1. The number of hydrogen-bond donors (Lipinski definition) is 2. The van der Waals surface area contributed by atoms with Gasteiger partial charge in [-0.3, -0.25) is 9.59 Å². The minimum absolute atomic E-state index is 0.0801. The van der Waals surface area contributed by atoms with Gasteiger partial charge in [-0.1, -0.05) is 19.3 Å². The van der Waals surface area contributed by atoms with Crippen molar-refractivity contribution in [1.29, 1.82) is 0 Å². The summed E-state index contributed by atoms with van der Waals surface area (Å²) in [6, 6.07) is -0.167. The van der Waals surface area contributed by atoms with Gasteiger partial charge in [-0.15, -0.1) is 0 Å². The van der Waals surface area contributed by atoms with Crippen LogP contribution >= 0.6 is 0 Å². The van der Waals surface area contributed by atoms with E-state index in [1.807, 2.05) is 0 Å². The summed E-state index contributed by atoms with van der Waals surface area (Å²) < 4.78 is 0. The monoisotopic (exact) mass is 213 g/mol. The Hall–Kier alpha value is -0.900. The molecule has 0 radical (unpaired) electrons. The van der Waals surface area contributed by atoms with Crippen molar-refractivity contribution in [1.82, 2.24) is 5.32 Å². The van der Waals surface area contributed by atoms with Crippen LogP contribution in [0.1, 0.15) is 45.4 Å². The van der Waals surface area contributed by atoms with Gasteiger partial charge in [0.15, 0.2) is 0 Å². The van der Waals surface area contributed by atoms with Crippen LogP contribution in [-0.4, -0.2) is 28.9 Å². The Morgan fingerprint density at radius 3 is 2.60 bits per heavy atom. The minimum atomic E-state index is -0.455. The number of rotatable bonds is 3. The van der Waals surface area contributed by atoms with E-state index < -0.39 is 6.10 Å². The molecule has 2 unspecified atom stereocenters. The molecule has 2 N–H and O–H groups in total. The van der Waals surface area contributed by atoms with E-state index in [9.17, 15) is 14.7 Å². The van der Waals surface area contributed by atoms with Crippen molar-refractivity contribution in [3.8, 4) is 0 Å². The highest BCUT2D eigenvalue weighted by molar-refractivity contribution is 5.96. The lowest BCUT2D eigenvalue weighted by Crippen LogP contribution is -2.43. The number of hydrogen-bond acceptors (Lipinski definition) is 3. The van der Waals surface area contributed by atoms with Gasteiger partial charge in [0.25, 0.3) is 0 Å². The topological polar surface area (TPSA) is 66.4 Å². The average Bonchev–Trinajstić information content (AvgIpc) is 2.30. The maximum Gasteiger partial charge on any atom is 0.227 e. The number of carbonyl (C=O) groups excluding carboxylic acids is 2. The normalized spacial score (nSPS) is 26.8. The molecule has 0 bridgehead atoms. The van der Waals surface area contributed by atoms with Crippen molar-refractivity contribution in [2.24, 2.45) is 0 Å². The third-order valence-corrected chi connectivity index (χ3v) is 2.74. The Balaban J connectivity index is 2.40. The van der Waals surface area contributed by atoms with Gasteiger partial charge < -0.3 is 10.4 Å². The van der Waals surface area contributed by atoms with Gasteiger partial charge in [0.1, 0.15) is 5.78 Å². The summed E-state index contributed by atoms with van der Waals surface area (Å²) in [5.41, 5.74) is 0. The van der Waals surface area contributed by atoms with E-state index in [-0.39, 0.29) is 24.2 Å². The van der Waals surface area contributed by atoms with E-state index >= 15 is 0 Å². The molecule has 86 valence electrons. The fraction of sp³-hybridized carbons (Fsp3) is 0.818. The molecular weight excluding hydrogens is 194 g/mol. The molecule has 0 aromatic heterocycles. The number of carbonyl (C=O) groups is 2. The predicted molar refractivity (Wildman–Crippen MR) is 56.3 cm³/mol. The largest absolute Gasteiger partial charge is 0.391 e. The summed E-state index contributed by atoms with van der Waals surface area (Å²) in [6.45, 7) is 1.39. The zero-order valence-electron chi connectivity index (χ0n) is 9.16. The molecule has 1 amide bonds. The van der Waals surface area contributed by atoms with E-state index in [2.05, 4.69) is 5.32 Å². The molecule has 4 nitrogen and oxygen atoms in total. The van der Waals surface area contributed by atoms with Gasteiger partial charge in [-0.25, -0.2) is 0 Å². The average molecular weight is 213 g/mol. The summed E-state index contributed by atoms with van der Waals surface area (Å²) in [5.74, 6) is -0.413. The Kier molecular flexibility index (Phi) is 4.75. The number of aliphatic hydroxyl groups is 1. The molecule has 1 fully saturated rings. The van der Waals surface area contributed by atoms with Crippen molar-refractivity contribution < 1.29 is 14.7 Å². The van der Waals surface area contributed by atoms with E-state index in [0.29, 0.717) is 0 Å². The van der Waals surface area contributed by atoms with Crippen molar-refractivity contribution in [2.45, 2.75) is 57.6 Å². The molecule has 0 heterocycles. The van der Waals surface area contributed by atoms with E-state index in [0.717, 1.165) is 32.1 Å². The molecule has 2 atom stereocenters. The quantitative estimate of drug-likeness (QED) is 0.537. The van der Waals surface area contributed by atoms with Gasteiger partial charge in [-0.05, 0) is 19.8 Å². The molecule has 0 aromatic carbocycles. The second-order valence-electron chi connectivity index (χ2n) is 4.26. The third-order valence-electron chi connectivity index (χ3n) is 2.74. The summed E-state index contributed by atoms with van der Waals surface area (Å²) in [6.07, 6.45) is 4.17. The Morgan fingerprint density at radius 1 is 1.27 bits per heavy atom. The van der Waals surface area contributed by atoms with Crippen LogP contribution in [0.3, 0.4) is 0 Å². The van der Waals surface area contributed by atoms with Crippen LogP contribution in [0.5, 0.6) is 0 Å². The zero-order valence-corrected chi connectivity index (χ0v) is 9.16. The standard InChI is InChI=1S/C11H19NO3/c1-8(13)7-11(15)12-9-5-3-2-4-6-10(9)14/h9-10,14H,2-7H2,1H3,(H,12,15). The van der Waals surface area contributed by atoms with Crippen molar-refractivity contribution in [3.05, 3.63) is 0 Å². The van der Waals surface area contributed by atoms with Crippen LogP contribution < -0.4 is 5.32 Å². The summed E-state index contributed by atoms with van der Waals surface area (Å²) in [7, 11) is 0. The lowest BCUT2D eigenvalue weighted by atomic mass is 10.1. The fourth-order valence-electron chi connectivity index (χ4n) is 1.94. The summed E-state index contributed by atoms with van der Waals surface area (Å²) >= 11 is 0. The van der Waals surface area contributed by atoms with Crippen LogP contribution in [0.2, 0.25) is 0 Å². The lowest BCUT2D eigenvalue weighted by molar-refractivity contribution is -0.128. The van der Waals surface area contributed by atoms with Gasteiger partial charge >= 0.3 is 0 Å². The number of aliphatic hydroxyl groups excluding tert-OH is 1. The Labute approximate surface area is 90.0 Å². The molecular formula is C11H19NO3. The minimum Gasteiger partial charge on any atom is -0.391 e. The van der Waals surface area contributed by atoms with E-state index in [1.165, 1.54) is 6.92 Å². The predicted octanol–water partition coefficient (Wildman–Crippen LogP) is 0.775. The van der Waals surface area contributed by atoms with Gasteiger partial charge in [0.05, 0.1) is 18.6 Å². The Bertz CT molecular complexity index is 240. The number of nitrogens with one attached hydrogen (secondary N) is 1. The van der Waals surface area contributed by atoms with E-state index in [4.69, 9.17) is 0 Å². The highest BCUT2D eigenvalue weighted by Gasteiger charge is 2.23. The van der Waals surface area contributed by atoms with Gasteiger partial charge in [-0.2, -0.15) is 0 Å². The molecule has 4 heteroatoms. The molecule has 1 rings (SSSR count). The van der Waals surface area contributed by atoms with Crippen LogP contribution in [0, 0.1) is 0 Å². The first-order chi connectivity index (χ1) is 7.09. The van der Waals surface area contributed by atoms with Crippen molar-refractivity contribution >= 4 is 11.7 Å². The molecule has 15 heavy (non-hydrogen) atoms. The highest BCUT2D eigenvalue weighted by Crippen LogP contribution is 2.17. The Morgan fingerprint density at radius 2 is 1.93 bits per heavy atom. The first kappa shape index (κ1) is 12.2. The molecule has 1 aliphatic rings. The second-order valence-corrected chi connectivity index (χ2v) is 4.26. The van der Waals surface area contributed by atoms with Crippen LogP contribution in [-0.2, 0) is 9.59 Å². The third kappa shape index (κ3) is 4.42. The first-order valence-electron chi connectivity index (χ1n) is 5.56. The maximum absolute atomic E-state index is 11.3. The molecule has 1 saturated carbocycles. The van der Waals surface area contributed by atoms with Crippen molar-refractivity contribution in [2.75, 3.05) is 0 Å². The summed E-state index contributed by atoms with van der Waals surface area (Å²) in [5, 5.41) is 12.5. The molecule has 0 aliphatic heterocycles. The lowest BCUT2D eigenvalue weighted by Gasteiger charge is -2.21. The van der Waals surface area contributed by atoms with Crippen LogP contribution in [0.25, 0.3) is 0 Å². The maximum atomic E-state index is 11.3. The smallest absolute Gasteiger partial charge is 0.227 e. The fourth-order valence-corrected chi connectivity index (χ4v) is 1.94. The van der Waals surface area contributed by atoms with Crippen LogP contribution in [0.4, 0.5) is 0 Å². The molecule has 1 aliphatic carbocycles. The number of amides is 1. The highest BCUT2D eigenvalue weighted by atomic mass is 16.3. The van der Waals surface area contributed by atoms with Gasteiger partial charge in [0, 0.05) is 0 Å². The van der Waals surface area contributed by atoms with E-state index in [1.54, 1.807) is 0 Å². The second kappa shape index (κ2) is 5.85. The number of ketones is 1. The number of Topliss-reactive ketones (excluding diaryl/α,β-unsaturated/α-hetero) is 1. The van der Waals surface area contributed by atoms with Gasteiger partial charge in [0.2, 0.25) is 5.91 Å².